The van der Waals surface area contributed by atoms with E-state index in [0.717, 1.165) is 44.9 Å². The Morgan fingerprint density at radius 1 is 0.397 bits per heavy atom. The first-order valence-corrected chi connectivity index (χ1v) is 30.9. The van der Waals surface area contributed by atoms with Crippen molar-refractivity contribution in [1.82, 2.24) is 5.32 Å². The van der Waals surface area contributed by atoms with Crippen LogP contribution in [0.2, 0.25) is 0 Å². The molecule has 3 N–H and O–H groups in total. The van der Waals surface area contributed by atoms with E-state index in [1.165, 1.54) is 270 Å². The fourth-order valence-electron chi connectivity index (χ4n) is 9.81. The molecule has 0 aliphatic rings. The van der Waals surface area contributed by atoms with Crippen LogP contribution in [-0.2, 0) is 14.3 Å². The molecule has 0 aromatic rings. The van der Waals surface area contributed by atoms with Crippen LogP contribution < -0.4 is 5.32 Å². The lowest BCUT2D eigenvalue weighted by atomic mass is 10.0. The minimum absolute atomic E-state index is 0.00301. The summed E-state index contributed by atoms with van der Waals surface area (Å²) < 4.78 is 5.49. The normalized spacial score (nSPS) is 12.6. The molecule has 404 valence electrons. The Kier molecular flexibility index (Phi) is 57.0. The van der Waals surface area contributed by atoms with E-state index in [-0.39, 0.29) is 18.5 Å². The van der Waals surface area contributed by atoms with E-state index >= 15 is 0 Å². The summed E-state index contributed by atoms with van der Waals surface area (Å²) in [5.74, 6) is -0.0343. The maximum Gasteiger partial charge on any atom is 0.305 e. The van der Waals surface area contributed by atoms with Crippen LogP contribution >= 0.6 is 0 Å². The Morgan fingerprint density at radius 2 is 0.691 bits per heavy atom. The van der Waals surface area contributed by atoms with Gasteiger partial charge in [-0.3, -0.25) is 9.59 Å². The molecular weight excluding hydrogens is 839 g/mol. The van der Waals surface area contributed by atoms with Crippen molar-refractivity contribution in [2.75, 3.05) is 13.2 Å². The Labute approximate surface area is 425 Å². The predicted molar refractivity (Wildman–Crippen MR) is 297 cm³/mol. The second kappa shape index (κ2) is 58.2. The number of carbonyl (C=O) groups is 2. The molecule has 0 saturated carbocycles. The van der Waals surface area contributed by atoms with Crippen LogP contribution in [0.3, 0.4) is 0 Å². The molecule has 0 aromatic carbocycles. The summed E-state index contributed by atoms with van der Waals surface area (Å²) in [6.07, 6.45) is 69.2. The van der Waals surface area contributed by atoms with Crippen LogP contribution in [-0.4, -0.2) is 47.4 Å². The Bertz CT molecular complexity index is 1020. The maximum absolute atomic E-state index is 12.5. The number of esters is 1. The Morgan fingerprint density at radius 3 is 1.04 bits per heavy atom. The molecule has 0 rings (SSSR count). The van der Waals surface area contributed by atoms with Gasteiger partial charge in [-0.05, 0) is 51.4 Å². The van der Waals surface area contributed by atoms with Gasteiger partial charge in [0.05, 0.1) is 25.4 Å². The molecule has 0 aliphatic heterocycles. The van der Waals surface area contributed by atoms with Gasteiger partial charge < -0.3 is 20.3 Å². The van der Waals surface area contributed by atoms with Crippen LogP contribution in [0.5, 0.6) is 0 Å². The van der Waals surface area contributed by atoms with E-state index in [0.29, 0.717) is 25.9 Å². The van der Waals surface area contributed by atoms with Crippen molar-refractivity contribution in [2.24, 2.45) is 0 Å². The zero-order valence-corrected chi connectivity index (χ0v) is 46.1. The molecule has 2 unspecified atom stereocenters. The lowest BCUT2D eigenvalue weighted by Crippen LogP contribution is -2.45. The largest absolute Gasteiger partial charge is 0.466 e. The van der Waals surface area contributed by atoms with E-state index < -0.39 is 12.1 Å². The first-order chi connectivity index (χ1) is 33.5. The summed E-state index contributed by atoms with van der Waals surface area (Å²) in [5.41, 5.74) is 0. The molecule has 68 heavy (non-hydrogen) atoms. The number of hydrogen-bond acceptors (Lipinski definition) is 5. The average Bonchev–Trinajstić information content (AvgIpc) is 3.34. The van der Waals surface area contributed by atoms with E-state index in [2.05, 4.69) is 31.3 Å². The molecule has 0 heterocycles. The number of amides is 1. The molecule has 0 fully saturated rings. The van der Waals surface area contributed by atoms with Gasteiger partial charge in [0.1, 0.15) is 0 Å². The van der Waals surface area contributed by atoms with E-state index in [1.807, 2.05) is 0 Å². The minimum Gasteiger partial charge on any atom is -0.466 e. The number of allylic oxidation sites excluding steroid dienone is 2. The molecule has 0 bridgehead atoms. The highest BCUT2D eigenvalue weighted by Gasteiger charge is 2.20. The lowest BCUT2D eigenvalue weighted by Gasteiger charge is -2.22. The van der Waals surface area contributed by atoms with Crippen molar-refractivity contribution in [3.63, 3.8) is 0 Å². The number of hydrogen-bond donors (Lipinski definition) is 3. The molecule has 6 nitrogen and oxygen atoms in total. The molecule has 0 spiro atoms. The fraction of sp³-hybridized carbons (Fsp3) is 0.935. The molecule has 1 amide bonds. The molecule has 0 aromatic heterocycles. The molecule has 0 aliphatic carbocycles. The first kappa shape index (κ1) is 66.6. The average molecular weight is 961 g/mol. The highest BCUT2D eigenvalue weighted by Crippen LogP contribution is 2.18. The number of nitrogens with one attached hydrogen (secondary N) is 1. The highest BCUT2D eigenvalue weighted by atomic mass is 16.5. The standard InChI is InChI=1S/C62H121NO5/c1-3-5-7-9-11-13-15-17-19-22-26-30-34-38-42-46-50-54-60(65)59(58-64)63-61(66)55-51-47-43-39-35-31-27-24-21-25-29-33-37-41-45-49-53-57-68-62(67)56-52-48-44-40-36-32-28-23-20-18-16-14-12-10-8-6-4-2/h18,20,59-60,64-65H,3-17,19,21-58H2,1-2H3,(H,63,66)/b20-18-. The van der Waals surface area contributed by atoms with E-state index in [9.17, 15) is 19.8 Å². The van der Waals surface area contributed by atoms with Gasteiger partial charge in [0, 0.05) is 12.8 Å². The van der Waals surface area contributed by atoms with Crippen molar-refractivity contribution >= 4 is 11.9 Å². The molecule has 0 saturated heterocycles. The van der Waals surface area contributed by atoms with Gasteiger partial charge in [-0.1, -0.05) is 296 Å². The van der Waals surface area contributed by atoms with E-state index in [1.54, 1.807) is 0 Å². The Balaban J connectivity index is 3.40. The van der Waals surface area contributed by atoms with Crippen molar-refractivity contribution in [2.45, 2.75) is 360 Å². The third kappa shape index (κ3) is 53.9. The van der Waals surface area contributed by atoms with Crippen molar-refractivity contribution in [3.05, 3.63) is 12.2 Å². The van der Waals surface area contributed by atoms with Gasteiger partial charge in [0.25, 0.3) is 0 Å². The van der Waals surface area contributed by atoms with Gasteiger partial charge >= 0.3 is 5.97 Å². The highest BCUT2D eigenvalue weighted by molar-refractivity contribution is 5.76. The van der Waals surface area contributed by atoms with Crippen LogP contribution in [0, 0.1) is 0 Å². The maximum atomic E-state index is 12.5. The van der Waals surface area contributed by atoms with E-state index in [4.69, 9.17) is 4.74 Å². The van der Waals surface area contributed by atoms with Crippen LogP contribution in [0.4, 0.5) is 0 Å². The molecular formula is C62H121NO5. The van der Waals surface area contributed by atoms with Crippen LogP contribution in [0.25, 0.3) is 0 Å². The zero-order chi connectivity index (χ0) is 49.3. The Hall–Kier alpha value is -1.40. The molecule has 6 heteroatoms. The fourth-order valence-corrected chi connectivity index (χ4v) is 9.81. The zero-order valence-electron chi connectivity index (χ0n) is 46.1. The summed E-state index contributed by atoms with van der Waals surface area (Å²) in [7, 11) is 0. The minimum atomic E-state index is -0.668. The first-order valence-electron chi connectivity index (χ1n) is 30.9. The van der Waals surface area contributed by atoms with Gasteiger partial charge in [-0.2, -0.15) is 0 Å². The smallest absolute Gasteiger partial charge is 0.305 e. The van der Waals surface area contributed by atoms with Gasteiger partial charge in [0.15, 0.2) is 0 Å². The third-order valence-corrected chi connectivity index (χ3v) is 14.6. The second-order valence-corrected chi connectivity index (χ2v) is 21.4. The summed E-state index contributed by atoms with van der Waals surface area (Å²) >= 11 is 0. The van der Waals surface area contributed by atoms with Crippen LogP contribution in [0.15, 0.2) is 12.2 Å². The predicted octanol–water partition coefficient (Wildman–Crippen LogP) is 19.2. The summed E-state index contributed by atoms with van der Waals surface area (Å²) in [5, 5.41) is 23.3. The number of carbonyl (C=O) groups excluding carboxylic acids is 2. The van der Waals surface area contributed by atoms with Gasteiger partial charge in [0.2, 0.25) is 5.91 Å². The lowest BCUT2D eigenvalue weighted by molar-refractivity contribution is -0.143. The van der Waals surface area contributed by atoms with Gasteiger partial charge in [-0.25, -0.2) is 0 Å². The van der Waals surface area contributed by atoms with Crippen molar-refractivity contribution < 1.29 is 24.5 Å². The summed E-state index contributed by atoms with van der Waals surface area (Å²) in [6, 6.07) is -0.545. The summed E-state index contributed by atoms with van der Waals surface area (Å²) in [6.45, 7) is 4.96. The van der Waals surface area contributed by atoms with Crippen LogP contribution in [0.1, 0.15) is 348 Å². The number of aliphatic hydroxyl groups excluding tert-OH is 2. The monoisotopic (exact) mass is 960 g/mol. The van der Waals surface area contributed by atoms with Gasteiger partial charge in [-0.15, -0.1) is 0 Å². The SMILES string of the molecule is CCCCCCCC/C=C\CCCCCCCCCC(=O)OCCCCCCCCCCCCCCCCCCCC(=O)NC(CO)C(O)CCCCCCCCCCCCCCCCCCC. The molecule has 2 atom stereocenters. The quantitative estimate of drug-likeness (QED) is 0.0321. The topological polar surface area (TPSA) is 95.9 Å². The van der Waals surface area contributed by atoms with Crippen molar-refractivity contribution in [1.29, 1.82) is 0 Å². The molecule has 0 radical (unpaired) electrons. The second-order valence-electron chi connectivity index (χ2n) is 21.4. The van der Waals surface area contributed by atoms with Crippen molar-refractivity contribution in [3.8, 4) is 0 Å². The number of ether oxygens (including phenoxy) is 1. The number of unbranched alkanes of at least 4 members (excludes halogenated alkanes) is 45. The summed E-state index contributed by atoms with van der Waals surface area (Å²) in [4.78, 5) is 24.6. The third-order valence-electron chi connectivity index (χ3n) is 14.6. The number of rotatable bonds is 58. The number of aliphatic hydroxyl groups is 2.